The predicted octanol–water partition coefficient (Wildman–Crippen LogP) is 4.40. The SMILES string of the molecule is CCCC(CCC)N1C(=O)c2ccc3c4c(ccc(c24)C1=O)C(=O)N(N1CCCCC1)C3=O. The molecule has 5 rings (SSSR count). The molecule has 3 aliphatic rings. The Labute approximate surface area is 193 Å². The first-order valence-corrected chi connectivity index (χ1v) is 12.1. The number of piperidine rings is 1. The molecule has 2 aromatic carbocycles. The van der Waals surface area contributed by atoms with Crippen molar-refractivity contribution in [2.24, 2.45) is 0 Å². The maximum Gasteiger partial charge on any atom is 0.276 e. The molecule has 33 heavy (non-hydrogen) atoms. The van der Waals surface area contributed by atoms with Crippen molar-refractivity contribution in [3.63, 3.8) is 0 Å². The van der Waals surface area contributed by atoms with Crippen LogP contribution in [0.3, 0.4) is 0 Å². The Bertz CT molecular complexity index is 1110. The lowest BCUT2D eigenvalue weighted by molar-refractivity contribution is -0.0115. The summed E-state index contributed by atoms with van der Waals surface area (Å²) in [6, 6.07) is 6.45. The number of hydrazine groups is 1. The molecule has 0 spiro atoms. The average Bonchev–Trinajstić information content (AvgIpc) is 2.82. The van der Waals surface area contributed by atoms with E-state index in [2.05, 4.69) is 0 Å². The Morgan fingerprint density at radius 2 is 1.09 bits per heavy atom. The first-order chi connectivity index (χ1) is 16.0. The lowest BCUT2D eigenvalue weighted by Gasteiger charge is -2.39. The van der Waals surface area contributed by atoms with E-state index in [1.54, 1.807) is 24.3 Å². The highest BCUT2D eigenvalue weighted by Gasteiger charge is 2.42. The van der Waals surface area contributed by atoms with Crippen molar-refractivity contribution in [2.75, 3.05) is 13.1 Å². The standard InChI is InChI=1S/C26H29N3O4/c1-3-8-16(9-4-2)28-23(30)17-10-12-19-22-20(13-11-18(21(17)22)24(28)31)26(33)29(25(19)32)27-14-6-5-7-15-27/h10-13,16H,3-9,14-15H2,1-2H3. The molecule has 3 heterocycles. The second-order valence-corrected chi connectivity index (χ2v) is 9.22. The second kappa shape index (κ2) is 8.37. The van der Waals surface area contributed by atoms with E-state index in [0.717, 1.165) is 44.9 Å². The highest BCUT2D eigenvalue weighted by atomic mass is 16.2. The Morgan fingerprint density at radius 3 is 1.52 bits per heavy atom. The molecule has 0 atom stereocenters. The summed E-state index contributed by atoms with van der Waals surface area (Å²) in [5, 5.41) is 3.98. The molecule has 0 bridgehead atoms. The van der Waals surface area contributed by atoms with Gasteiger partial charge in [0.25, 0.3) is 23.6 Å². The Balaban J connectivity index is 1.65. The molecule has 3 aliphatic heterocycles. The van der Waals surface area contributed by atoms with Gasteiger partial charge in [0.15, 0.2) is 0 Å². The molecule has 0 aromatic heterocycles. The number of amides is 4. The van der Waals surface area contributed by atoms with Crippen LogP contribution in [0.5, 0.6) is 0 Å². The highest BCUT2D eigenvalue weighted by Crippen LogP contribution is 2.39. The zero-order valence-electron chi connectivity index (χ0n) is 19.2. The molecule has 2 aromatic rings. The third-order valence-electron chi connectivity index (χ3n) is 7.13. The first kappa shape index (κ1) is 21.8. The average molecular weight is 448 g/mol. The van der Waals surface area contributed by atoms with E-state index >= 15 is 0 Å². The summed E-state index contributed by atoms with van der Waals surface area (Å²) in [7, 11) is 0. The fourth-order valence-corrected chi connectivity index (χ4v) is 5.62. The molecule has 1 fully saturated rings. The molecule has 172 valence electrons. The molecule has 0 N–H and O–H groups in total. The molecule has 0 saturated carbocycles. The number of hydrogen-bond donors (Lipinski definition) is 0. The fourth-order valence-electron chi connectivity index (χ4n) is 5.62. The normalized spacial score (nSPS) is 18.8. The zero-order chi connectivity index (χ0) is 23.3. The summed E-state index contributed by atoms with van der Waals surface area (Å²) in [6.07, 6.45) is 6.21. The van der Waals surface area contributed by atoms with Crippen LogP contribution in [0.4, 0.5) is 0 Å². The number of imide groups is 2. The largest absolute Gasteiger partial charge is 0.276 e. The summed E-state index contributed by atoms with van der Waals surface area (Å²) in [6.45, 7) is 5.42. The minimum atomic E-state index is -0.379. The molecule has 0 radical (unpaired) electrons. The minimum absolute atomic E-state index is 0.159. The molecular formula is C26H29N3O4. The van der Waals surface area contributed by atoms with Gasteiger partial charge < -0.3 is 0 Å². The molecule has 7 heteroatoms. The van der Waals surface area contributed by atoms with Crippen LogP contribution in [0.2, 0.25) is 0 Å². The summed E-state index contributed by atoms with van der Waals surface area (Å²) >= 11 is 0. The van der Waals surface area contributed by atoms with E-state index in [9.17, 15) is 19.2 Å². The molecule has 0 unspecified atom stereocenters. The molecule has 4 amide bonds. The van der Waals surface area contributed by atoms with Gasteiger partial charge in [0.05, 0.1) is 11.1 Å². The van der Waals surface area contributed by atoms with Crippen LogP contribution in [0.1, 0.15) is 100 Å². The second-order valence-electron chi connectivity index (χ2n) is 9.22. The first-order valence-electron chi connectivity index (χ1n) is 12.1. The maximum absolute atomic E-state index is 13.5. The topological polar surface area (TPSA) is 78.0 Å². The molecule has 0 aliphatic carbocycles. The number of benzene rings is 2. The van der Waals surface area contributed by atoms with Gasteiger partial charge in [-0.05, 0) is 49.9 Å². The van der Waals surface area contributed by atoms with Gasteiger partial charge in [-0.2, -0.15) is 0 Å². The Morgan fingerprint density at radius 1 is 0.667 bits per heavy atom. The smallest absolute Gasteiger partial charge is 0.271 e. The monoisotopic (exact) mass is 447 g/mol. The van der Waals surface area contributed by atoms with Gasteiger partial charge in [0, 0.05) is 41.0 Å². The van der Waals surface area contributed by atoms with Gasteiger partial charge in [-0.1, -0.05) is 33.1 Å². The van der Waals surface area contributed by atoms with Crippen molar-refractivity contribution in [1.29, 1.82) is 0 Å². The van der Waals surface area contributed by atoms with Crippen LogP contribution in [-0.4, -0.2) is 57.7 Å². The van der Waals surface area contributed by atoms with Crippen molar-refractivity contribution in [3.05, 3.63) is 46.5 Å². The van der Waals surface area contributed by atoms with E-state index in [-0.39, 0.29) is 29.7 Å². The van der Waals surface area contributed by atoms with Crippen molar-refractivity contribution in [1.82, 2.24) is 14.9 Å². The van der Waals surface area contributed by atoms with Gasteiger partial charge in [-0.15, -0.1) is 0 Å². The number of nitrogens with zero attached hydrogens (tertiary/aromatic N) is 3. The predicted molar refractivity (Wildman–Crippen MR) is 124 cm³/mol. The molecule has 1 saturated heterocycles. The fraction of sp³-hybridized carbons (Fsp3) is 0.462. The lowest BCUT2D eigenvalue weighted by atomic mass is 9.85. The van der Waals surface area contributed by atoms with E-state index in [1.165, 1.54) is 9.91 Å². The van der Waals surface area contributed by atoms with E-state index in [1.807, 2.05) is 18.9 Å². The summed E-state index contributed by atoms with van der Waals surface area (Å²) in [5.41, 5.74) is 1.55. The van der Waals surface area contributed by atoms with Crippen LogP contribution in [-0.2, 0) is 0 Å². The van der Waals surface area contributed by atoms with Crippen LogP contribution in [0.15, 0.2) is 24.3 Å². The number of carbonyl (C=O) groups is 4. The van der Waals surface area contributed by atoms with Gasteiger partial charge in [0.1, 0.15) is 0 Å². The summed E-state index contributed by atoms with van der Waals surface area (Å²) < 4.78 is 0. The van der Waals surface area contributed by atoms with Gasteiger partial charge >= 0.3 is 0 Å². The van der Waals surface area contributed by atoms with Crippen molar-refractivity contribution in [2.45, 2.75) is 64.8 Å². The Kier molecular flexibility index (Phi) is 5.52. The zero-order valence-corrected chi connectivity index (χ0v) is 19.2. The summed E-state index contributed by atoms with van der Waals surface area (Å²) in [5.74, 6) is -1.42. The van der Waals surface area contributed by atoms with Gasteiger partial charge in [-0.25, -0.2) is 10.0 Å². The van der Waals surface area contributed by atoms with Crippen molar-refractivity contribution >= 4 is 34.4 Å². The summed E-state index contributed by atoms with van der Waals surface area (Å²) in [4.78, 5) is 55.3. The quantitative estimate of drug-likeness (QED) is 0.614. The highest BCUT2D eigenvalue weighted by molar-refractivity contribution is 6.33. The lowest BCUT2D eigenvalue weighted by Crippen LogP contribution is -2.54. The number of rotatable bonds is 6. The van der Waals surface area contributed by atoms with E-state index in [0.29, 0.717) is 46.1 Å². The maximum atomic E-state index is 13.5. The molecular weight excluding hydrogens is 418 g/mol. The van der Waals surface area contributed by atoms with Crippen molar-refractivity contribution < 1.29 is 19.2 Å². The number of hydrogen-bond acceptors (Lipinski definition) is 5. The van der Waals surface area contributed by atoms with Crippen LogP contribution >= 0.6 is 0 Å². The van der Waals surface area contributed by atoms with Gasteiger partial charge in [-0.3, -0.25) is 24.1 Å². The van der Waals surface area contributed by atoms with Crippen LogP contribution < -0.4 is 0 Å². The number of carbonyl (C=O) groups excluding carboxylic acids is 4. The van der Waals surface area contributed by atoms with Gasteiger partial charge in [0.2, 0.25) is 0 Å². The van der Waals surface area contributed by atoms with Crippen molar-refractivity contribution in [3.8, 4) is 0 Å². The Hall–Kier alpha value is -3.06. The third-order valence-corrected chi connectivity index (χ3v) is 7.13. The van der Waals surface area contributed by atoms with Crippen LogP contribution in [0.25, 0.3) is 10.8 Å². The third kappa shape index (κ3) is 3.21. The minimum Gasteiger partial charge on any atom is -0.271 e. The molecule has 7 nitrogen and oxygen atoms in total. The van der Waals surface area contributed by atoms with E-state index in [4.69, 9.17) is 0 Å². The van der Waals surface area contributed by atoms with Crippen LogP contribution in [0, 0.1) is 0 Å². The van der Waals surface area contributed by atoms with E-state index < -0.39 is 0 Å².